The maximum Gasteiger partial charge on any atom is 0.0948 e. The number of nitrogens with zero attached hydrogens (tertiary/aromatic N) is 4. The fourth-order valence-electron chi connectivity index (χ4n) is 1.75. The Morgan fingerprint density at radius 2 is 2.25 bits per heavy atom. The molecular formula is C11H17N5. The van der Waals surface area contributed by atoms with Crippen LogP contribution in [0, 0.1) is 0 Å². The summed E-state index contributed by atoms with van der Waals surface area (Å²) >= 11 is 0. The number of aryl methyl sites for hydroxylation is 3. The first kappa shape index (κ1) is 10.9. The number of hydrogen-bond acceptors (Lipinski definition) is 3. The number of nitrogens with two attached hydrogens (primary N) is 1. The average molecular weight is 219 g/mol. The summed E-state index contributed by atoms with van der Waals surface area (Å²) in [5, 5.41) is 4.14. The van der Waals surface area contributed by atoms with Crippen molar-refractivity contribution < 1.29 is 0 Å². The number of imidazole rings is 1. The molecule has 0 fully saturated rings. The van der Waals surface area contributed by atoms with Crippen molar-refractivity contribution in [1.82, 2.24) is 19.3 Å². The third kappa shape index (κ3) is 2.30. The molecule has 0 amide bonds. The van der Waals surface area contributed by atoms with Crippen LogP contribution in [0.4, 0.5) is 0 Å². The lowest BCUT2D eigenvalue weighted by molar-refractivity contribution is 0.623. The van der Waals surface area contributed by atoms with Crippen molar-refractivity contribution in [2.45, 2.75) is 25.9 Å². The molecule has 2 heterocycles. The summed E-state index contributed by atoms with van der Waals surface area (Å²) in [5.74, 6) is 0. The van der Waals surface area contributed by atoms with Gasteiger partial charge in [-0.1, -0.05) is 0 Å². The molecule has 0 aliphatic rings. The minimum absolute atomic E-state index is 0.0244. The average Bonchev–Trinajstić information content (AvgIpc) is 2.83. The molecule has 0 radical (unpaired) electrons. The molecule has 2 rings (SSSR count). The minimum Gasteiger partial charge on any atom is -0.333 e. The Hall–Kier alpha value is -1.62. The van der Waals surface area contributed by atoms with Gasteiger partial charge >= 0.3 is 0 Å². The molecule has 0 unspecified atom stereocenters. The topological polar surface area (TPSA) is 61.7 Å². The van der Waals surface area contributed by atoms with E-state index in [9.17, 15) is 0 Å². The molecular weight excluding hydrogens is 202 g/mol. The van der Waals surface area contributed by atoms with E-state index in [2.05, 4.69) is 14.6 Å². The summed E-state index contributed by atoms with van der Waals surface area (Å²) < 4.78 is 3.91. The Morgan fingerprint density at radius 3 is 2.88 bits per heavy atom. The molecule has 2 N–H and O–H groups in total. The highest BCUT2D eigenvalue weighted by atomic mass is 15.2. The lowest BCUT2D eigenvalue weighted by atomic mass is 10.2. The second kappa shape index (κ2) is 4.49. The van der Waals surface area contributed by atoms with E-state index in [1.807, 2.05) is 43.6 Å². The quantitative estimate of drug-likeness (QED) is 0.830. The highest BCUT2D eigenvalue weighted by Crippen LogP contribution is 2.10. The first-order valence-corrected chi connectivity index (χ1v) is 5.40. The van der Waals surface area contributed by atoms with Crippen LogP contribution in [0.25, 0.3) is 0 Å². The Balaban J connectivity index is 2.02. The smallest absolute Gasteiger partial charge is 0.0948 e. The largest absolute Gasteiger partial charge is 0.333 e. The van der Waals surface area contributed by atoms with E-state index in [-0.39, 0.29) is 6.04 Å². The summed E-state index contributed by atoms with van der Waals surface area (Å²) in [6, 6.07) is 0.0244. The van der Waals surface area contributed by atoms with Crippen LogP contribution in [-0.2, 0) is 20.0 Å². The summed E-state index contributed by atoms with van der Waals surface area (Å²) in [5.41, 5.74) is 8.16. The number of hydrogen-bond donors (Lipinski definition) is 1. The van der Waals surface area contributed by atoms with E-state index in [0.717, 1.165) is 18.7 Å². The van der Waals surface area contributed by atoms with Gasteiger partial charge in [0, 0.05) is 32.0 Å². The van der Waals surface area contributed by atoms with Crippen molar-refractivity contribution in [3.8, 4) is 0 Å². The first-order valence-electron chi connectivity index (χ1n) is 5.40. The maximum atomic E-state index is 5.85. The summed E-state index contributed by atoms with van der Waals surface area (Å²) in [7, 11) is 1.92. The second-order valence-corrected chi connectivity index (χ2v) is 4.07. The summed E-state index contributed by atoms with van der Waals surface area (Å²) in [6.07, 6.45) is 8.53. The van der Waals surface area contributed by atoms with Gasteiger partial charge in [0.2, 0.25) is 0 Å². The van der Waals surface area contributed by atoms with Crippen LogP contribution >= 0.6 is 0 Å². The molecule has 2 aromatic heterocycles. The van der Waals surface area contributed by atoms with Crippen molar-refractivity contribution in [3.05, 3.63) is 36.2 Å². The van der Waals surface area contributed by atoms with Crippen molar-refractivity contribution in [1.29, 1.82) is 0 Å². The second-order valence-electron chi connectivity index (χ2n) is 4.07. The van der Waals surface area contributed by atoms with Crippen LogP contribution in [0.15, 0.2) is 24.9 Å². The van der Waals surface area contributed by atoms with Crippen molar-refractivity contribution in [2.24, 2.45) is 12.8 Å². The van der Waals surface area contributed by atoms with Gasteiger partial charge in [-0.2, -0.15) is 5.10 Å². The zero-order valence-electron chi connectivity index (χ0n) is 9.67. The molecule has 0 saturated heterocycles. The number of rotatable bonds is 4. The molecule has 1 atom stereocenters. The molecule has 16 heavy (non-hydrogen) atoms. The zero-order chi connectivity index (χ0) is 11.5. The predicted molar refractivity (Wildman–Crippen MR) is 61.7 cm³/mol. The third-order valence-electron chi connectivity index (χ3n) is 2.61. The van der Waals surface area contributed by atoms with Crippen molar-refractivity contribution in [2.75, 3.05) is 0 Å². The highest BCUT2D eigenvalue weighted by molar-refractivity contribution is 5.06. The van der Waals surface area contributed by atoms with Gasteiger partial charge < -0.3 is 10.3 Å². The molecule has 5 nitrogen and oxygen atoms in total. The van der Waals surface area contributed by atoms with E-state index >= 15 is 0 Å². The molecule has 0 saturated carbocycles. The Labute approximate surface area is 94.9 Å². The maximum absolute atomic E-state index is 5.85. The van der Waals surface area contributed by atoms with Gasteiger partial charge in [-0.15, -0.1) is 0 Å². The SMILES string of the molecule is C[C@H](N)c1cncn1CCc1cnn(C)c1. The van der Waals surface area contributed by atoms with E-state index in [4.69, 9.17) is 5.73 Å². The van der Waals surface area contributed by atoms with Crippen LogP contribution in [0.1, 0.15) is 24.2 Å². The lowest BCUT2D eigenvalue weighted by Crippen LogP contribution is -2.12. The van der Waals surface area contributed by atoms with Gasteiger partial charge in [0.1, 0.15) is 0 Å². The van der Waals surface area contributed by atoms with Gasteiger partial charge in [0.05, 0.1) is 18.2 Å². The predicted octanol–water partition coefficient (Wildman–Crippen LogP) is 0.879. The molecule has 0 aromatic carbocycles. The minimum atomic E-state index is 0.0244. The summed E-state index contributed by atoms with van der Waals surface area (Å²) in [4.78, 5) is 4.12. The van der Waals surface area contributed by atoms with E-state index in [0.29, 0.717) is 0 Å². The molecule has 0 spiro atoms. The summed E-state index contributed by atoms with van der Waals surface area (Å²) in [6.45, 7) is 2.86. The third-order valence-corrected chi connectivity index (χ3v) is 2.61. The molecule has 0 aliphatic heterocycles. The van der Waals surface area contributed by atoms with Crippen molar-refractivity contribution in [3.63, 3.8) is 0 Å². The molecule has 5 heteroatoms. The zero-order valence-corrected chi connectivity index (χ0v) is 9.67. The van der Waals surface area contributed by atoms with Crippen LogP contribution in [0.5, 0.6) is 0 Å². The van der Waals surface area contributed by atoms with Crippen LogP contribution < -0.4 is 5.73 Å². The fourth-order valence-corrected chi connectivity index (χ4v) is 1.75. The van der Waals surface area contributed by atoms with Gasteiger partial charge in [0.15, 0.2) is 0 Å². The van der Waals surface area contributed by atoms with Crippen molar-refractivity contribution >= 4 is 0 Å². The van der Waals surface area contributed by atoms with Gasteiger partial charge in [-0.05, 0) is 18.9 Å². The van der Waals surface area contributed by atoms with E-state index in [1.165, 1.54) is 5.56 Å². The van der Waals surface area contributed by atoms with E-state index < -0.39 is 0 Å². The Morgan fingerprint density at radius 1 is 1.44 bits per heavy atom. The Kier molecular flexibility index (Phi) is 3.05. The molecule has 2 aromatic rings. The van der Waals surface area contributed by atoms with Gasteiger partial charge in [-0.3, -0.25) is 4.68 Å². The molecule has 86 valence electrons. The highest BCUT2D eigenvalue weighted by Gasteiger charge is 2.06. The monoisotopic (exact) mass is 219 g/mol. The molecule has 0 aliphatic carbocycles. The first-order chi connectivity index (χ1) is 7.66. The fraction of sp³-hybridized carbons (Fsp3) is 0.455. The van der Waals surface area contributed by atoms with Gasteiger partial charge in [-0.25, -0.2) is 4.98 Å². The van der Waals surface area contributed by atoms with Crippen LogP contribution in [0.2, 0.25) is 0 Å². The molecule has 0 bridgehead atoms. The standard InChI is InChI=1S/C11H17N5/c1-9(12)11-6-13-8-16(11)4-3-10-5-14-15(2)7-10/h5-9H,3-4,12H2,1-2H3/t9-/m0/s1. The van der Waals surface area contributed by atoms with E-state index in [1.54, 1.807) is 0 Å². The number of aromatic nitrogens is 4. The van der Waals surface area contributed by atoms with Crippen LogP contribution in [0.3, 0.4) is 0 Å². The Bertz CT molecular complexity index is 454. The van der Waals surface area contributed by atoms with Crippen LogP contribution in [-0.4, -0.2) is 19.3 Å². The normalized spacial score (nSPS) is 12.9. The lowest BCUT2D eigenvalue weighted by Gasteiger charge is -2.09. The van der Waals surface area contributed by atoms with Gasteiger partial charge in [0.25, 0.3) is 0 Å².